The average Bonchev–Trinajstić information content (AvgIpc) is 2.71. The van der Waals surface area contributed by atoms with Crippen LogP contribution in [0.2, 0.25) is 0 Å². The van der Waals surface area contributed by atoms with Gasteiger partial charge in [0.15, 0.2) is 4.67 Å². The number of sulfonamides is 1. The van der Waals surface area contributed by atoms with Crippen molar-refractivity contribution in [2.24, 2.45) is 0 Å². The van der Waals surface area contributed by atoms with Gasteiger partial charge in [0.2, 0.25) is 10.0 Å². The molecule has 0 fully saturated rings. The zero-order chi connectivity index (χ0) is 13.8. The number of hydrogen-bond acceptors (Lipinski definition) is 5. The summed E-state index contributed by atoms with van der Waals surface area (Å²) in [5, 5.41) is 8.91. The Labute approximate surface area is 115 Å². The Balaban J connectivity index is 2.87. The number of ether oxygens (including phenoxy) is 1. The zero-order valence-corrected chi connectivity index (χ0v) is 12.6. The Morgan fingerprint density at radius 1 is 1.56 bits per heavy atom. The van der Waals surface area contributed by atoms with E-state index in [2.05, 4.69) is 15.9 Å². The van der Waals surface area contributed by atoms with Crippen molar-refractivity contribution < 1.29 is 22.7 Å². The lowest BCUT2D eigenvalue weighted by molar-refractivity contribution is 0.138. The second-order valence-electron chi connectivity index (χ2n) is 3.53. The highest BCUT2D eigenvalue weighted by atomic mass is 79.9. The maximum absolute atomic E-state index is 12.2. The summed E-state index contributed by atoms with van der Waals surface area (Å²) in [6, 6.07) is 1.30. The molecular weight excluding hydrogens is 326 g/mol. The van der Waals surface area contributed by atoms with Gasteiger partial charge in [0.25, 0.3) is 0 Å². The van der Waals surface area contributed by atoms with E-state index in [1.165, 1.54) is 17.4 Å². The number of rotatable bonds is 7. The first-order chi connectivity index (χ1) is 8.43. The molecule has 1 rings (SSSR count). The third-order valence-corrected chi connectivity index (χ3v) is 5.02. The van der Waals surface area contributed by atoms with E-state index in [0.29, 0.717) is 13.2 Å². The number of aliphatic hydroxyl groups is 1. The Morgan fingerprint density at radius 2 is 2.22 bits per heavy atom. The van der Waals surface area contributed by atoms with Gasteiger partial charge >= 0.3 is 0 Å². The normalized spacial score (nSPS) is 12.3. The molecule has 0 saturated carbocycles. The van der Waals surface area contributed by atoms with E-state index >= 15 is 0 Å². The summed E-state index contributed by atoms with van der Waals surface area (Å²) in [5.74, 6) is 0.193. The Kier molecular flexibility index (Phi) is 5.80. The van der Waals surface area contributed by atoms with Gasteiger partial charge in [-0.05, 0) is 22.9 Å². The number of furan rings is 1. The second-order valence-corrected chi connectivity index (χ2v) is 6.27. The molecule has 0 unspecified atom stereocenters. The maximum atomic E-state index is 12.2. The topological polar surface area (TPSA) is 80.0 Å². The number of likely N-dealkylation sites (N-methyl/N-ethyl adjacent to an activating group) is 1. The summed E-state index contributed by atoms with van der Waals surface area (Å²) in [6.07, 6.45) is 0. The molecule has 1 aromatic rings. The fourth-order valence-electron chi connectivity index (χ4n) is 1.28. The molecule has 18 heavy (non-hydrogen) atoms. The van der Waals surface area contributed by atoms with Crippen LogP contribution in [0, 0.1) is 0 Å². The first-order valence-electron chi connectivity index (χ1n) is 5.36. The van der Waals surface area contributed by atoms with Gasteiger partial charge in [0, 0.05) is 26.3 Å². The Hall–Kier alpha value is -0.410. The lowest BCUT2D eigenvalue weighted by Gasteiger charge is -2.15. The fraction of sp³-hybridized carbons (Fsp3) is 0.600. The predicted molar refractivity (Wildman–Crippen MR) is 68.6 cm³/mol. The van der Waals surface area contributed by atoms with E-state index in [9.17, 15) is 8.42 Å². The summed E-state index contributed by atoms with van der Waals surface area (Å²) in [5.41, 5.74) is 0. The third-order valence-electron chi connectivity index (χ3n) is 2.31. The van der Waals surface area contributed by atoms with Gasteiger partial charge in [-0.3, -0.25) is 0 Å². The molecule has 0 aliphatic heterocycles. The quantitative estimate of drug-likeness (QED) is 0.753. The number of aliphatic hydroxyl groups excluding tert-OH is 1. The highest BCUT2D eigenvalue weighted by molar-refractivity contribution is 9.10. The molecule has 0 saturated heterocycles. The molecule has 0 aliphatic rings. The molecule has 0 amide bonds. The first kappa shape index (κ1) is 15.6. The Morgan fingerprint density at radius 3 is 2.72 bits per heavy atom. The van der Waals surface area contributed by atoms with Crippen molar-refractivity contribution in [3.8, 4) is 0 Å². The van der Waals surface area contributed by atoms with Gasteiger partial charge in [-0.2, -0.15) is 4.31 Å². The van der Waals surface area contributed by atoms with Crippen LogP contribution in [0.15, 0.2) is 20.0 Å². The molecule has 0 spiro atoms. The molecule has 6 nitrogen and oxygen atoms in total. The van der Waals surface area contributed by atoms with Crippen molar-refractivity contribution >= 4 is 26.0 Å². The molecule has 0 aliphatic carbocycles. The van der Waals surface area contributed by atoms with Crippen LogP contribution in [-0.2, 0) is 21.4 Å². The van der Waals surface area contributed by atoms with Crippen LogP contribution in [0.4, 0.5) is 0 Å². The predicted octanol–water partition coefficient (Wildman–Crippen LogP) is 1.19. The van der Waals surface area contributed by atoms with E-state index < -0.39 is 10.0 Å². The molecule has 1 N–H and O–H groups in total. The molecule has 0 atom stereocenters. The van der Waals surface area contributed by atoms with E-state index in [-0.39, 0.29) is 28.5 Å². The fourth-order valence-corrected chi connectivity index (χ4v) is 3.39. The smallest absolute Gasteiger partial charge is 0.247 e. The largest absolute Gasteiger partial charge is 0.450 e. The van der Waals surface area contributed by atoms with E-state index in [1.807, 2.05) is 6.92 Å². The van der Waals surface area contributed by atoms with Crippen molar-refractivity contribution in [3.63, 3.8) is 0 Å². The summed E-state index contributed by atoms with van der Waals surface area (Å²) in [7, 11) is -2.17. The van der Waals surface area contributed by atoms with Crippen molar-refractivity contribution in [2.45, 2.75) is 18.4 Å². The van der Waals surface area contributed by atoms with Crippen molar-refractivity contribution in [1.82, 2.24) is 4.31 Å². The van der Waals surface area contributed by atoms with Gasteiger partial charge < -0.3 is 14.3 Å². The van der Waals surface area contributed by atoms with E-state index in [0.717, 1.165) is 0 Å². The molecule has 0 radical (unpaired) electrons. The SMILES string of the molecule is CCOCCN(C)S(=O)(=O)c1cc(CO)oc1Br. The summed E-state index contributed by atoms with van der Waals surface area (Å²) >= 11 is 3.03. The standard InChI is InChI=1S/C10H16BrNO5S/c1-3-16-5-4-12(2)18(14,15)9-6-8(7-13)17-10(9)11/h6,13H,3-5,7H2,1-2H3. The minimum absolute atomic E-state index is 0.00514. The lowest BCUT2D eigenvalue weighted by Crippen LogP contribution is -2.30. The number of halogens is 1. The molecule has 8 heteroatoms. The van der Waals surface area contributed by atoms with Gasteiger partial charge in [-0.25, -0.2) is 8.42 Å². The van der Waals surface area contributed by atoms with Gasteiger partial charge in [0.1, 0.15) is 17.3 Å². The van der Waals surface area contributed by atoms with Crippen LogP contribution in [0.5, 0.6) is 0 Å². The van der Waals surface area contributed by atoms with Crippen molar-refractivity contribution in [1.29, 1.82) is 0 Å². The summed E-state index contributed by atoms with van der Waals surface area (Å²) in [4.78, 5) is 0.00514. The maximum Gasteiger partial charge on any atom is 0.247 e. The zero-order valence-electron chi connectivity index (χ0n) is 10.2. The van der Waals surface area contributed by atoms with Gasteiger partial charge in [0.05, 0.1) is 6.61 Å². The minimum atomic E-state index is -3.64. The van der Waals surface area contributed by atoms with Crippen LogP contribution >= 0.6 is 15.9 Å². The van der Waals surface area contributed by atoms with Crippen molar-refractivity contribution in [3.05, 3.63) is 16.5 Å². The van der Waals surface area contributed by atoms with Crippen LogP contribution in [-0.4, -0.2) is 44.6 Å². The summed E-state index contributed by atoms with van der Waals surface area (Å²) in [6.45, 7) is 2.61. The molecule has 104 valence electrons. The van der Waals surface area contributed by atoms with Crippen LogP contribution in [0.3, 0.4) is 0 Å². The molecule has 1 aromatic heterocycles. The minimum Gasteiger partial charge on any atom is -0.450 e. The molecule has 0 bridgehead atoms. The third kappa shape index (κ3) is 3.55. The highest BCUT2D eigenvalue weighted by Crippen LogP contribution is 2.28. The summed E-state index contributed by atoms with van der Waals surface area (Å²) < 4.78 is 35.8. The second kappa shape index (κ2) is 6.67. The lowest BCUT2D eigenvalue weighted by atomic mass is 10.5. The highest BCUT2D eigenvalue weighted by Gasteiger charge is 2.26. The van der Waals surface area contributed by atoms with E-state index in [1.54, 1.807) is 0 Å². The first-order valence-corrected chi connectivity index (χ1v) is 7.60. The number of nitrogens with zero attached hydrogens (tertiary/aromatic N) is 1. The van der Waals surface area contributed by atoms with E-state index in [4.69, 9.17) is 14.3 Å². The number of hydrogen-bond donors (Lipinski definition) is 1. The van der Waals surface area contributed by atoms with Crippen LogP contribution < -0.4 is 0 Å². The van der Waals surface area contributed by atoms with Crippen LogP contribution in [0.25, 0.3) is 0 Å². The van der Waals surface area contributed by atoms with Gasteiger partial charge in [-0.15, -0.1) is 0 Å². The molecule has 0 aromatic carbocycles. The monoisotopic (exact) mass is 341 g/mol. The molecule has 1 heterocycles. The van der Waals surface area contributed by atoms with Crippen molar-refractivity contribution in [2.75, 3.05) is 26.8 Å². The van der Waals surface area contributed by atoms with Crippen LogP contribution in [0.1, 0.15) is 12.7 Å². The average molecular weight is 342 g/mol. The Bertz CT molecular complexity index is 484. The molecular formula is C10H16BrNO5S. The van der Waals surface area contributed by atoms with Gasteiger partial charge in [-0.1, -0.05) is 0 Å².